The lowest BCUT2D eigenvalue weighted by molar-refractivity contribution is -0.116. The Bertz CT molecular complexity index is 881. The predicted octanol–water partition coefficient (Wildman–Crippen LogP) is 4.35. The van der Waals surface area contributed by atoms with E-state index in [0.29, 0.717) is 42.3 Å². The maximum Gasteiger partial charge on any atom is 0.253 e. The zero-order chi connectivity index (χ0) is 21.3. The Balaban J connectivity index is 1.45. The number of para-hydroxylation sites is 1. The van der Waals surface area contributed by atoms with Crippen LogP contribution in [0.2, 0.25) is 5.02 Å². The van der Waals surface area contributed by atoms with Crippen molar-refractivity contribution < 1.29 is 19.1 Å². The van der Waals surface area contributed by atoms with E-state index in [9.17, 15) is 9.59 Å². The standard InChI is InChI=1S/C23H27ClN2O4/c1-16-14-17(24)10-11-21(16)30-13-5-9-22(27)26-20-8-3-2-7-19(20)23(28)25-15-18-6-4-12-29-18/h2-3,7-8,10-11,14,18H,4-6,9,12-13,15H2,1H3,(H,25,28)(H,26,27). The number of carbonyl (C=O) groups excluding carboxylic acids is 2. The number of carbonyl (C=O) groups is 2. The summed E-state index contributed by atoms with van der Waals surface area (Å²) in [5.41, 5.74) is 1.90. The number of aryl methyl sites for hydroxylation is 1. The molecule has 1 heterocycles. The first-order chi connectivity index (χ1) is 14.5. The molecule has 2 amide bonds. The molecule has 3 rings (SSSR count). The third kappa shape index (κ3) is 6.47. The molecule has 160 valence electrons. The van der Waals surface area contributed by atoms with Gasteiger partial charge in [-0.05, 0) is 62.1 Å². The van der Waals surface area contributed by atoms with Gasteiger partial charge in [0.15, 0.2) is 0 Å². The van der Waals surface area contributed by atoms with Crippen molar-refractivity contribution in [3.8, 4) is 5.75 Å². The van der Waals surface area contributed by atoms with Gasteiger partial charge < -0.3 is 20.1 Å². The summed E-state index contributed by atoms with van der Waals surface area (Å²) in [5.74, 6) is 0.377. The highest BCUT2D eigenvalue weighted by atomic mass is 35.5. The first kappa shape index (κ1) is 22.1. The number of amides is 2. The minimum atomic E-state index is -0.219. The summed E-state index contributed by atoms with van der Waals surface area (Å²) in [6, 6.07) is 12.4. The van der Waals surface area contributed by atoms with Crippen LogP contribution < -0.4 is 15.4 Å². The van der Waals surface area contributed by atoms with Crippen molar-refractivity contribution in [2.24, 2.45) is 0 Å². The lowest BCUT2D eigenvalue weighted by Gasteiger charge is -2.14. The average molecular weight is 431 g/mol. The Hall–Kier alpha value is -2.57. The summed E-state index contributed by atoms with van der Waals surface area (Å²) in [6.45, 7) is 3.56. The molecule has 2 aromatic rings. The highest BCUT2D eigenvalue weighted by Crippen LogP contribution is 2.22. The van der Waals surface area contributed by atoms with Crippen LogP contribution in [0.3, 0.4) is 0 Å². The molecule has 1 fully saturated rings. The van der Waals surface area contributed by atoms with Crippen LogP contribution in [0.5, 0.6) is 5.75 Å². The van der Waals surface area contributed by atoms with Gasteiger partial charge in [0.25, 0.3) is 5.91 Å². The average Bonchev–Trinajstić information content (AvgIpc) is 3.25. The van der Waals surface area contributed by atoms with E-state index < -0.39 is 0 Å². The van der Waals surface area contributed by atoms with E-state index in [1.54, 1.807) is 30.3 Å². The van der Waals surface area contributed by atoms with Gasteiger partial charge in [0.2, 0.25) is 5.91 Å². The van der Waals surface area contributed by atoms with Crippen LogP contribution in [0.4, 0.5) is 5.69 Å². The second-order valence-corrected chi connectivity index (χ2v) is 7.74. The van der Waals surface area contributed by atoms with Crippen LogP contribution in [-0.2, 0) is 9.53 Å². The number of anilines is 1. The zero-order valence-electron chi connectivity index (χ0n) is 17.1. The SMILES string of the molecule is Cc1cc(Cl)ccc1OCCCC(=O)Nc1ccccc1C(=O)NCC1CCCO1. The van der Waals surface area contributed by atoms with E-state index in [4.69, 9.17) is 21.1 Å². The number of ether oxygens (including phenoxy) is 2. The first-order valence-electron chi connectivity index (χ1n) is 10.2. The number of hydrogen-bond acceptors (Lipinski definition) is 4. The maximum absolute atomic E-state index is 12.5. The Kier molecular flexibility index (Phi) is 8.11. The minimum absolute atomic E-state index is 0.0694. The number of hydrogen-bond donors (Lipinski definition) is 2. The Morgan fingerprint density at radius 1 is 1.23 bits per heavy atom. The fourth-order valence-corrected chi connectivity index (χ4v) is 3.53. The number of halogens is 1. The third-order valence-corrected chi connectivity index (χ3v) is 5.14. The summed E-state index contributed by atoms with van der Waals surface area (Å²) in [5, 5.41) is 6.39. The third-order valence-electron chi connectivity index (χ3n) is 4.90. The van der Waals surface area contributed by atoms with E-state index in [0.717, 1.165) is 30.8 Å². The van der Waals surface area contributed by atoms with Gasteiger partial charge in [-0.2, -0.15) is 0 Å². The highest BCUT2D eigenvalue weighted by Gasteiger charge is 2.18. The summed E-state index contributed by atoms with van der Waals surface area (Å²) >= 11 is 5.94. The van der Waals surface area contributed by atoms with Gasteiger partial charge >= 0.3 is 0 Å². The van der Waals surface area contributed by atoms with Crippen LogP contribution in [0.25, 0.3) is 0 Å². The monoisotopic (exact) mass is 430 g/mol. The van der Waals surface area contributed by atoms with Crippen LogP contribution in [0.1, 0.15) is 41.6 Å². The molecule has 6 nitrogen and oxygen atoms in total. The summed E-state index contributed by atoms with van der Waals surface area (Å²) in [7, 11) is 0. The molecule has 1 aliphatic rings. The predicted molar refractivity (Wildman–Crippen MR) is 117 cm³/mol. The fourth-order valence-electron chi connectivity index (χ4n) is 3.30. The minimum Gasteiger partial charge on any atom is -0.493 e. The second-order valence-electron chi connectivity index (χ2n) is 7.30. The lowest BCUT2D eigenvalue weighted by atomic mass is 10.1. The largest absolute Gasteiger partial charge is 0.493 e. The summed E-state index contributed by atoms with van der Waals surface area (Å²) in [4.78, 5) is 24.9. The van der Waals surface area contributed by atoms with E-state index in [1.807, 2.05) is 19.1 Å². The van der Waals surface area contributed by atoms with Crippen molar-refractivity contribution in [2.45, 2.75) is 38.7 Å². The quantitative estimate of drug-likeness (QED) is 0.579. The van der Waals surface area contributed by atoms with Crippen molar-refractivity contribution in [1.82, 2.24) is 5.32 Å². The van der Waals surface area contributed by atoms with Gasteiger partial charge in [0, 0.05) is 24.6 Å². The number of rotatable bonds is 9. The Morgan fingerprint density at radius 2 is 2.07 bits per heavy atom. The van der Waals surface area contributed by atoms with Crippen LogP contribution >= 0.6 is 11.6 Å². The molecule has 1 unspecified atom stereocenters. The summed E-state index contributed by atoms with van der Waals surface area (Å²) < 4.78 is 11.3. The molecule has 1 aliphatic heterocycles. The van der Waals surface area contributed by atoms with Gasteiger partial charge in [-0.3, -0.25) is 9.59 Å². The van der Waals surface area contributed by atoms with Crippen molar-refractivity contribution in [3.05, 3.63) is 58.6 Å². The Morgan fingerprint density at radius 3 is 2.83 bits per heavy atom. The van der Waals surface area contributed by atoms with Crippen molar-refractivity contribution in [1.29, 1.82) is 0 Å². The van der Waals surface area contributed by atoms with Crippen molar-refractivity contribution >= 4 is 29.1 Å². The topological polar surface area (TPSA) is 76.7 Å². The molecular formula is C23H27ClN2O4. The van der Waals surface area contributed by atoms with Gasteiger partial charge in [-0.25, -0.2) is 0 Å². The van der Waals surface area contributed by atoms with Crippen LogP contribution in [0.15, 0.2) is 42.5 Å². The molecule has 1 atom stereocenters. The van der Waals surface area contributed by atoms with E-state index in [1.165, 1.54) is 0 Å². The highest BCUT2D eigenvalue weighted by molar-refractivity contribution is 6.30. The first-order valence-corrected chi connectivity index (χ1v) is 10.6. The van der Waals surface area contributed by atoms with Gasteiger partial charge in [0.05, 0.1) is 24.0 Å². The molecule has 1 saturated heterocycles. The van der Waals surface area contributed by atoms with Crippen LogP contribution in [-0.4, -0.2) is 37.7 Å². The lowest BCUT2D eigenvalue weighted by Crippen LogP contribution is -2.32. The fraction of sp³-hybridized carbons (Fsp3) is 0.391. The van der Waals surface area contributed by atoms with E-state index in [2.05, 4.69) is 10.6 Å². The molecule has 0 bridgehead atoms. The molecule has 30 heavy (non-hydrogen) atoms. The van der Waals surface area contributed by atoms with Crippen LogP contribution in [0, 0.1) is 6.92 Å². The van der Waals surface area contributed by atoms with Gasteiger partial charge in [-0.15, -0.1) is 0 Å². The molecule has 2 N–H and O–H groups in total. The molecule has 0 spiro atoms. The van der Waals surface area contributed by atoms with E-state index >= 15 is 0 Å². The normalized spacial score (nSPS) is 15.6. The van der Waals surface area contributed by atoms with Gasteiger partial charge in [-0.1, -0.05) is 23.7 Å². The molecule has 0 aliphatic carbocycles. The maximum atomic E-state index is 12.5. The zero-order valence-corrected chi connectivity index (χ0v) is 17.8. The molecule has 0 saturated carbocycles. The molecule has 2 aromatic carbocycles. The van der Waals surface area contributed by atoms with Crippen molar-refractivity contribution in [2.75, 3.05) is 25.1 Å². The number of nitrogens with one attached hydrogen (secondary N) is 2. The van der Waals surface area contributed by atoms with Crippen molar-refractivity contribution in [3.63, 3.8) is 0 Å². The molecule has 7 heteroatoms. The van der Waals surface area contributed by atoms with Gasteiger partial charge in [0.1, 0.15) is 5.75 Å². The van der Waals surface area contributed by atoms with E-state index in [-0.39, 0.29) is 17.9 Å². The molecular weight excluding hydrogens is 404 g/mol. The summed E-state index contributed by atoms with van der Waals surface area (Å²) in [6.07, 6.45) is 2.89. The second kappa shape index (κ2) is 11.0. The molecule has 0 radical (unpaired) electrons. The smallest absolute Gasteiger partial charge is 0.253 e. The molecule has 0 aromatic heterocycles. The number of benzene rings is 2. The Labute approximate surface area is 181 Å².